The van der Waals surface area contributed by atoms with Crippen molar-refractivity contribution in [2.24, 2.45) is 5.92 Å². The molecule has 2 N–H and O–H groups in total. The van der Waals surface area contributed by atoms with Crippen molar-refractivity contribution in [3.63, 3.8) is 0 Å². The average molecular weight is 418 g/mol. The number of hydrogen-bond acceptors (Lipinski definition) is 4. The standard InChI is InChI=1S/C20H31N3O2.2ClH/c1-16-2-3-18(15-23-10-12-25-13-11-23)14-19(16)22-20(24)5-4-17-6-8-21-9-7-17;;/h2-3,14,17,21H,4-13,15H2,1H3,(H,22,24);2*1H. The molecule has 2 fully saturated rings. The van der Waals surface area contributed by atoms with Crippen LogP contribution in [0.3, 0.4) is 0 Å². The number of nitrogens with zero attached hydrogens (tertiary/aromatic N) is 1. The summed E-state index contributed by atoms with van der Waals surface area (Å²) in [6, 6.07) is 6.40. The summed E-state index contributed by atoms with van der Waals surface area (Å²) < 4.78 is 5.41. The van der Waals surface area contributed by atoms with Gasteiger partial charge in [0.25, 0.3) is 0 Å². The van der Waals surface area contributed by atoms with E-state index < -0.39 is 0 Å². The number of hydrogen-bond donors (Lipinski definition) is 2. The van der Waals surface area contributed by atoms with Crippen molar-refractivity contribution in [1.29, 1.82) is 0 Å². The fourth-order valence-corrected chi connectivity index (χ4v) is 3.64. The quantitative estimate of drug-likeness (QED) is 0.744. The van der Waals surface area contributed by atoms with Gasteiger partial charge in [-0.25, -0.2) is 0 Å². The Hall–Kier alpha value is -0.850. The number of amides is 1. The fourth-order valence-electron chi connectivity index (χ4n) is 3.64. The first kappa shape index (κ1) is 24.2. The summed E-state index contributed by atoms with van der Waals surface area (Å²) >= 11 is 0. The number of nitrogens with one attached hydrogen (secondary N) is 2. The molecule has 2 aliphatic rings. The topological polar surface area (TPSA) is 53.6 Å². The summed E-state index contributed by atoms with van der Waals surface area (Å²) in [4.78, 5) is 14.8. The Morgan fingerprint density at radius 1 is 1.22 bits per heavy atom. The van der Waals surface area contributed by atoms with Gasteiger partial charge in [0.05, 0.1) is 13.2 Å². The number of morpholine rings is 1. The van der Waals surface area contributed by atoms with Crippen LogP contribution in [0.1, 0.15) is 36.8 Å². The van der Waals surface area contributed by atoms with Crippen molar-refractivity contribution in [1.82, 2.24) is 10.2 Å². The van der Waals surface area contributed by atoms with Gasteiger partial charge in [0.1, 0.15) is 0 Å². The second-order valence-electron chi connectivity index (χ2n) is 7.32. The average Bonchev–Trinajstić information content (AvgIpc) is 2.64. The zero-order chi connectivity index (χ0) is 17.5. The van der Waals surface area contributed by atoms with Crippen molar-refractivity contribution in [2.45, 2.75) is 39.2 Å². The molecule has 0 radical (unpaired) electrons. The van der Waals surface area contributed by atoms with E-state index in [9.17, 15) is 4.79 Å². The zero-order valence-corrected chi connectivity index (χ0v) is 17.8. The Balaban J connectivity index is 0.00000182. The summed E-state index contributed by atoms with van der Waals surface area (Å²) in [5.41, 5.74) is 3.34. The third kappa shape index (κ3) is 7.96. The molecule has 2 saturated heterocycles. The highest BCUT2D eigenvalue weighted by molar-refractivity contribution is 5.91. The first-order valence-corrected chi connectivity index (χ1v) is 9.61. The van der Waals surface area contributed by atoms with E-state index in [1.165, 1.54) is 18.4 Å². The first-order valence-electron chi connectivity index (χ1n) is 9.61. The lowest BCUT2D eigenvalue weighted by Gasteiger charge is -2.26. The lowest BCUT2D eigenvalue weighted by Crippen LogP contribution is -2.35. The molecule has 0 spiro atoms. The van der Waals surface area contributed by atoms with Crippen molar-refractivity contribution in [2.75, 3.05) is 44.7 Å². The molecule has 1 aromatic carbocycles. The zero-order valence-electron chi connectivity index (χ0n) is 16.2. The van der Waals surface area contributed by atoms with Gasteiger partial charge in [0.15, 0.2) is 0 Å². The summed E-state index contributed by atoms with van der Waals surface area (Å²) in [5.74, 6) is 0.839. The summed E-state index contributed by atoms with van der Waals surface area (Å²) in [5, 5.41) is 6.51. The van der Waals surface area contributed by atoms with E-state index in [1.54, 1.807) is 0 Å². The maximum Gasteiger partial charge on any atom is 0.224 e. The molecule has 7 heteroatoms. The van der Waals surface area contributed by atoms with Crippen molar-refractivity contribution < 1.29 is 9.53 Å². The Morgan fingerprint density at radius 3 is 2.63 bits per heavy atom. The molecule has 3 rings (SSSR count). The van der Waals surface area contributed by atoms with Gasteiger partial charge in [-0.3, -0.25) is 9.69 Å². The molecule has 1 aromatic rings. The SMILES string of the molecule is Cc1ccc(CN2CCOCC2)cc1NC(=O)CCC1CCNCC1.Cl.Cl. The van der Waals surface area contributed by atoms with Gasteiger partial charge in [-0.1, -0.05) is 12.1 Å². The molecular weight excluding hydrogens is 385 g/mol. The van der Waals surface area contributed by atoms with Crippen LogP contribution in [0.2, 0.25) is 0 Å². The number of ether oxygens (including phenoxy) is 1. The molecule has 0 atom stereocenters. The van der Waals surface area contributed by atoms with Crippen LogP contribution in [0, 0.1) is 12.8 Å². The molecule has 2 heterocycles. The van der Waals surface area contributed by atoms with Gasteiger partial charge < -0.3 is 15.4 Å². The number of aryl methyl sites for hydroxylation is 1. The summed E-state index contributed by atoms with van der Waals surface area (Å²) in [7, 11) is 0. The monoisotopic (exact) mass is 417 g/mol. The minimum absolute atomic E-state index is 0. The second kappa shape index (κ2) is 12.6. The van der Waals surface area contributed by atoms with E-state index in [-0.39, 0.29) is 30.7 Å². The molecule has 0 saturated carbocycles. The van der Waals surface area contributed by atoms with Gasteiger partial charge in [-0.15, -0.1) is 24.8 Å². The van der Waals surface area contributed by atoms with Gasteiger partial charge in [0.2, 0.25) is 5.91 Å². The molecule has 0 aromatic heterocycles. The van der Waals surface area contributed by atoms with E-state index >= 15 is 0 Å². The van der Waals surface area contributed by atoms with E-state index in [4.69, 9.17) is 4.74 Å². The minimum Gasteiger partial charge on any atom is -0.379 e. The Morgan fingerprint density at radius 2 is 1.93 bits per heavy atom. The molecule has 1 amide bonds. The first-order chi connectivity index (χ1) is 12.2. The van der Waals surface area contributed by atoms with Crippen LogP contribution >= 0.6 is 24.8 Å². The third-order valence-corrected chi connectivity index (χ3v) is 5.32. The van der Waals surface area contributed by atoms with Gasteiger partial charge in [-0.2, -0.15) is 0 Å². The number of carbonyl (C=O) groups is 1. The number of piperidine rings is 1. The van der Waals surface area contributed by atoms with E-state index in [0.29, 0.717) is 12.3 Å². The summed E-state index contributed by atoms with van der Waals surface area (Å²) in [6.45, 7) is 8.74. The molecule has 0 bridgehead atoms. The van der Waals surface area contributed by atoms with Crippen LogP contribution in [0.5, 0.6) is 0 Å². The lowest BCUT2D eigenvalue weighted by atomic mass is 9.93. The molecule has 154 valence electrons. The van der Waals surface area contributed by atoms with Gasteiger partial charge in [0, 0.05) is 31.7 Å². The van der Waals surface area contributed by atoms with Crippen LogP contribution in [0.25, 0.3) is 0 Å². The third-order valence-electron chi connectivity index (χ3n) is 5.32. The van der Waals surface area contributed by atoms with Crippen LogP contribution in [0.4, 0.5) is 5.69 Å². The van der Waals surface area contributed by atoms with Crippen LogP contribution < -0.4 is 10.6 Å². The second-order valence-corrected chi connectivity index (χ2v) is 7.32. The van der Waals surface area contributed by atoms with Gasteiger partial charge in [-0.05, 0) is 62.4 Å². The fraction of sp³-hybridized carbons (Fsp3) is 0.650. The largest absolute Gasteiger partial charge is 0.379 e. The minimum atomic E-state index is 0. The summed E-state index contributed by atoms with van der Waals surface area (Å²) in [6.07, 6.45) is 4.01. The lowest BCUT2D eigenvalue weighted by molar-refractivity contribution is -0.116. The van der Waals surface area contributed by atoms with Crippen molar-refractivity contribution >= 4 is 36.4 Å². The molecule has 2 aliphatic heterocycles. The van der Waals surface area contributed by atoms with Crippen LogP contribution in [-0.4, -0.2) is 50.2 Å². The van der Waals surface area contributed by atoms with E-state index in [1.807, 2.05) is 0 Å². The molecule has 0 aliphatic carbocycles. The predicted molar refractivity (Wildman–Crippen MR) is 115 cm³/mol. The maximum atomic E-state index is 12.4. The number of halogens is 2. The number of carbonyl (C=O) groups excluding carboxylic acids is 1. The number of anilines is 1. The molecule has 27 heavy (non-hydrogen) atoms. The number of benzene rings is 1. The van der Waals surface area contributed by atoms with Gasteiger partial charge >= 0.3 is 0 Å². The maximum absolute atomic E-state index is 12.4. The highest BCUT2D eigenvalue weighted by Crippen LogP contribution is 2.21. The van der Waals surface area contributed by atoms with Crippen LogP contribution in [-0.2, 0) is 16.1 Å². The van der Waals surface area contributed by atoms with E-state index in [0.717, 1.165) is 63.6 Å². The van der Waals surface area contributed by atoms with Crippen molar-refractivity contribution in [3.05, 3.63) is 29.3 Å². The Bertz CT molecular complexity index is 574. The predicted octanol–water partition coefficient (Wildman–Crippen LogP) is 3.39. The normalized spacial score (nSPS) is 18.3. The van der Waals surface area contributed by atoms with Crippen molar-refractivity contribution in [3.8, 4) is 0 Å². The Kier molecular flexibility index (Phi) is 11.3. The number of rotatable bonds is 6. The van der Waals surface area contributed by atoms with Crippen LogP contribution in [0.15, 0.2) is 18.2 Å². The van der Waals surface area contributed by atoms with E-state index in [2.05, 4.69) is 40.7 Å². The molecule has 5 nitrogen and oxygen atoms in total. The smallest absolute Gasteiger partial charge is 0.224 e. The molecular formula is C20H33Cl2N3O2. The molecule has 0 unspecified atom stereocenters. The highest BCUT2D eigenvalue weighted by atomic mass is 35.5. The Labute approximate surface area is 175 Å². The highest BCUT2D eigenvalue weighted by Gasteiger charge is 2.15.